The molecule has 1 atom stereocenters. The molecule has 31 heavy (non-hydrogen) atoms. The third-order valence-electron chi connectivity index (χ3n) is 5.40. The van der Waals surface area contributed by atoms with Crippen molar-refractivity contribution in [3.8, 4) is 5.69 Å². The first-order valence-electron chi connectivity index (χ1n) is 10.1. The molecule has 4 rings (SSSR count). The molecule has 1 fully saturated rings. The second-order valence-corrected chi connectivity index (χ2v) is 8.15. The Kier molecular flexibility index (Phi) is 5.99. The van der Waals surface area contributed by atoms with Gasteiger partial charge in [0.15, 0.2) is 5.69 Å². The highest BCUT2D eigenvalue weighted by molar-refractivity contribution is 6.30. The summed E-state index contributed by atoms with van der Waals surface area (Å²) < 4.78 is 1.67. The summed E-state index contributed by atoms with van der Waals surface area (Å²) in [5, 5.41) is 11.6. The molecule has 0 spiro atoms. The van der Waals surface area contributed by atoms with Crippen molar-refractivity contribution in [1.29, 1.82) is 0 Å². The summed E-state index contributed by atoms with van der Waals surface area (Å²) in [6.07, 6.45) is 2.93. The van der Waals surface area contributed by atoms with Gasteiger partial charge < -0.3 is 10.2 Å². The smallest absolute Gasteiger partial charge is 0.276 e. The molecule has 1 aliphatic rings. The molecule has 2 amide bonds. The van der Waals surface area contributed by atoms with Crippen molar-refractivity contribution >= 4 is 29.2 Å². The summed E-state index contributed by atoms with van der Waals surface area (Å²) in [4.78, 5) is 31.6. The van der Waals surface area contributed by atoms with E-state index in [1.54, 1.807) is 21.7 Å². The monoisotopic (exact) mass is 438 g/mol. The SMILES string of the molecule is Cc1cccc(-n2nnc(C(=O)N3CCCC(C(=O)Nc4ccc(Cl)cn4)C3)c2C)c1. The van der Waals surface area contributed by atoms with Crippen LogP contribution in [0.15, 0.2) is 42.6 Å². The third kappa shape index (κ3) is 4.59. The molecule has 8 nitrogen and oxygen atoms in total. The maximum Gasteiger partial charge on any atom is 0.276 e. The number of carbonyl (C=O) groups excluding carboxylic acids is 2. The van der Waals surface area contributed by atoms with E-state index in [2.05, 4.69) is 20.6 Å². The number of nitrogens with zero attached hydrogens (tertiary/aromatic N) is 5. The van der Waals surface area contributed by atoms with Crippen molar-refractivity contribution in [2.75, 3.05) is 18.4 Å². The normalized spacial score (nSPS) is 16.2. The molecule has 0 aliphatic carbocycles. The molecule has 0 bridgehead atoms. The topological polar surface area (TPSA) is 93.0 Å². The van der Waals surface area contributed by atoms with Gasteiger partial charge in [-0.05, 0) is 56.5 Å². The Morgan fingerprint density at radius 1 is 1.19 bits per heavy atom. The fraction of sp³-hybridized carbons (Fsp3) is 0.318. The highest BCUT2D eigenvalue weighted by Crippen LogP contribution is 2.22. The van der Waals surface area contributed by atoms with Crippen molar-refractivity contribution in [1.82, 2.24) is 24.9 Å². The second-order valence-electron chi connectivity index (χ2n) is 7.72. The maximum absolute atomic E-state index is 13.1. The van der Waals surface area contributed by atoms with Gasteiger partial charge in [0.2, 0.25) is 5.91 Å². The number of nitrogens with one attached hydrogen (secondary N) is 1. The van der Waals surface area contributed by atoms with Crippen LogP contribution in [-0.4, -0.2) is 49.8 Å². The largest absolute Gasteiger partial charge is 0.336 e. The Balaban J connectivity index is 1.46. The average Bonchev–Trinajstić information content (AvgIpc) is 3.16. The number of carbonyl (C=O) groups is 2. The summed E-state index contributed by atoms with van der Waals surface area (Å²) in [6, 6.07) is 11.2. The zero-order valence-corrected chi connectivity index (χ0v) is 18.1. The van der Waals surface area contributed by atoms with Crippen molar-refractivity contribution in [2.45, 2.75) is 26.7 Å². The molecule has 1 aromatic carbocycles. The van der Waals surface area contributed by atoms with E-state index in [4.69, 9.17) is 11.6 Å². The van der Waals surface area contributed by atoms with E-state index in [1.165, 1.54) is 6.20 Å². The minimum atomic E-state index is -0.317. The number of rotatable bonds is 4. The molecule has 1 N–H and O–H groups in total. The molecule has 9 heteroatoms. The molecule has 3 heterocycles. The zero-order valence-electron chi connectivity index (χ0n) is 17.4. The first kappa shape index (κ1) is 21.0. The van der Waals surface area contributed by atoms with Crippen LogP contribution in [0, 0.1) is 19.8 Å². The van der Waals surface area contributed by atoms with Gasteiger partial charge in [-0.1, -0.05) is 28.9 Å². The third-order valence-corrected chi connectivity index (χ3v) is 5.63. The first-order chi connectivity index (χ1) is 14.9. The maximum atomic E-state index is 13.1. The Labute approximate surface area is 185 Å². The summed E-state index contributed by atoms with van der Waals surface area (Å²) in [5.41, 5.74) is 2.94. The number of halogens is 1. The highest BCUT2D eigenvalue weighted by Gasteiger charge is 2.31. The lowest BCUT2D eigenvalue weighted by molar-refractivity contribution is -0.121. The van der Waals surface area contributed by atoms with Gasteiger partial charge in [-0.2, -0.15) is 0 Å². The quantitative estimate of drug-likeness (QED) is 0.673. The average molecular weight is 439 g/mol. The van der Waals surface area contributed by atoms with Gasteiger partial charge in [-0.3, -0.25) is 9.59 Å². The molecule has 0 saturated carbocycles. The van der Waals surface area contributed by atoms with E-state index in [0.29, 0.717) is 41.7 Å². The molecule has 160 valence electrons. The molecular weight excluding hydrogens is 416 g/mol. The van der Waals surface area contributed by atoms with Gasteiger partial charge in [-0.25, -0.2) is 9.67 Å². The number of pyridine rings is 1. The predicted molar refractivity (Wildman–Crippen MR) is 117 cm³/mol. The Morgan fingerprint density at radius 3 is 2.77 bits per heavy atom. The molecule has 3 aromatic rings. The van der Waals surface area contributed by atoms with E-state index in [0.717, 1.165) is 17.7 Å². The van der Waals surface area contributed by atoms with Gasteiger partial charge in [0.1, 0.15) is 5.82 Å². The number of hydrogen-bond acceptors (Lipinski definition) is 5. The summed E-state index contributed by atoms with van der Waals surface area (Å²) in [7, 11) is 0. The van der Waals surface area contributed by atoms with Gasteiger partial charge in [0.05, 0.1) is 22.3 Å². The van der Waals surface area contributed by atoms with Crippen LogP contribution in [0.5, 0.6) is 0 Å². The van der Waals surface area contributed by atoms with Crippen molar-refractivity contribution < 1.29 is 9.59 Å². The molecule has 2 aromatic heterocycles. The van der Waals surface area contributed by atoms with Crippen LogP contribution in [0.1, 0.15) is 34.6 Å². The summed E-state index contributed by atoms with van der Waals surface area (Å²) in [6.45, 7) is 4.74. The number of benzene rings is 1. The number of aryl methyl sites for hydroxylation is 1. The number of anilines is 1. The number of aromatic nitrogens is 4. The Bertz CT molecular complexity index is 1110. The van der Waals surface area contributed by atoms with E-state index < -0.39 is 0 Å². The Hall–Kier alpha value is -3.26. The summed E-state index contributed by atoms with van der Waals surface area (Å²) >= 11 is 5.84. The molecule has 1 saturated heterocycles. The lowest BCUT2D eigenvalue weighted by Gasteiger charge is -2.31. The minimum Gasteiger partial charge on any atom is -0.336 e. The van der Waals surface area contributed by atoms with E-state index in [-0.39, 0.29) is 17.7 Å². The van der Waals surface area contributed by atoms with Gasteiger partial charge in [0.25, 0.3) is 5.91 Å². The number of likely N-dealkylation sites (tertiary alicyclic amines) is 1. The van der Waals surface area contributed by atoms with Crippen LogP contribution < -0.4 is 5.32 Å². The van der Waals surface area contributed by atoms with Gasteiger partial charge in [-0.15, -0.1) is 5.10 Å². The molecule has 0 radical (unpaired) electrons. The predicted octanol–water partition coefficient (Wildman–Crippen LogP) is 3.42. The standard InChI is InChI=1S/C22H23ClN6O2/c1-14-5-3-7-18(11-14)29-15(2)20(26-27-29)22(31)28-10-4-6-16(13-28)21(30)25-19-9-8-17(23)12-24-19/h3,5,7-9,11-12,16H,4,6,10,13H2,1-2H3,(H,24,25,30). The first-order valence-corrected chi connectivity index (χ1v) is 10.5. The van der Waals surface area contributed by atoms with Crippen molar-refractivity contribution in [3.05, 3.63) is 64.6 Å². The van der Waals surface area contributed by atoms with E-state index in [9.17, 15) is 9.59 Å². The Morgan fingerprint density at radius 2 is 2.03 bits per heavy atom. The number of amides is 2. The number of hydrogen-bond donors (Lipinski definition) is 1. The van der Waals surface area contributed by atoms with Gasteiger partial charge >= 0.3 is 0 Å². The van der Waals surface area contributed by atoms with Crippen LogP contribution in [0.4, 0.5) is 5.82 Å². The molecular formula is C22H23ClN6O2. The molecule has 1 aliphatic heterocycles. The number of piperidine rings is 1. The fourth-order valence-electron chi connectivity index (χ4n) is 3.74. The van der Waals surface area contributed by atoms with Crippen LogP contribution in [0.3, 0.4) is 0 Å². The summed E-state index contributed by atoms with van der Waals surface area (Å²) in [5.74, 6) is -0.247. The minimum absolute atomic E-state index is 0.160. The van der Waals surface area contributed by atoms with E-state index >= 15 is 0 Å². The van der Waals surface area contributed by atoms with Crippen molar-refractivity contribution in [2.24, 2.45) is 5.92 Å². The zero-order chi connectivity index (χ0) is 22.0. The van der Waals surface area contributed by atoms with Crippen LogP contribution >= 0.6 is 11.6 Å². The lowest BCUT2D eigenvalue weighted by atomic mass is 9.96. The van der Waals surface area contributed by atoms with Crippen LogP contribution in [-0.2, 0) is 4.79 Å². The van der Waals surface area contributed by atoms with Crippen LogP contribution in [0.2, 0.25) is 5.02 Å². The lowest BCUT2D eigenvalue weighted by Crippen LogP contribution is -2.44. The molecule has 1 unspecified atom stereocenters. The second kappa shape index (κ2) is 8.85. The highest BCUT2D eigenvalue weighted by atomic mass is 35.5. The van der Waals surface area contributed by atoms with E-state index in [1.807, 2.05) is 38.1 Å². The fourth-order valence-corrected chi connectivity index (χ4v) is 3.85. The van der Waals surface area contributed by atoms with Gasteiger partial charge in [0, 0.05) is 19.3 Å². The van der Waals surface area contributed by atoms with Crippen LogP contribution in [0.25, 0.3) is 5.69 Å². The van der Waals surface area contributed by atoms with Crippen molar-refractivity contribution in [3.63, 3.8) is 0 Å².